The molecule has 0 aromatic carbocycles. The molecule has 184 valence electrons. The van der Waals surface area contributed by atoms with Crippen LogP contribution in [-0.2, 0) is 13.9 Å². The molecule has 5 amide bonds. The first kappa shape index (κ1) is 26.4. The van der Waals surface area contributed by atoms with Gasteiger partial charge in [-0.25, -0.2) is 14.2 Å². The van der Waals surface area contributed by atoms with Crippen LogP contribution in [0.4, 0.5) is 9.59 Å². The lowest BCUT2D eigenvalue weighted by molar-refractivity contribution is -0.126. The van der Waals surface area contributed by atoms with Crippen LogP contribution in [0.25, 0.3) is 0 Å². The molecule has 15 nitrogen and oxygen atoms in total. The maximum atomic E-state index is 12.9. The van der Waals surface area contributed by atoms with Crippen LogP contribution in [-0.4, -0.2) is 115 Å². The fourth-order valence-electron chi connectivity index (χ4n) is 3.56. The normalized spacial score (nSPS) is 24.1. The van der Waals surface area contributed by atoms with Gasteiger partial charge in [0, 0.05) is 6.54 Å². The molecule has 0 aliphatic carbocycles. The summed E-state index contributed by atoms with van der Waals surface area (Å²) < 4.78 is 15.0. The van der Waals surface area contributed by atoms with Crippen LogP contribution in [0.2, 0.25) is 0 Å². The van der Waals surface area contributed by atoms with Gasteiger partial charge in [-0.05, 0) is 12.8 Å². The number of aliphatic hydroxyl groups is 4. The zero-order valence-corrected chi connectivity index (χ0v) is 18.0. The van der Waals surface area contributed by atoms with E-state index in [1.807, 2.05) is 0 Å². The molecule has 2 unspecified atom stereocenters. The summed E-state index contributed by atoms with van der Waals surface area (Å²) in [6.07, 6.45) is -4.24. The van der Waals surface area contributed by atoms with Gasteiger partial charge in [-0.3, -0.25) is 19.5 Å². The Balaban J connectivity index is 1.97. The van der Waals surface area contributed by atoms with Crippen molar-refractivity contribution >= 4 is 25.8 Å². The first-order chi connectivity index (χ1) is 15.0. The topological polar surface area (TPSA) is 229 Å². The average Bonchev–Trinajstić information content (AvgIpc) is 2.96. The molecule has 8 N–H and O–H groups in total. The van der Waals surface area contributed by atoms with E-state index < -0.39 is 69.5 Å². The summed E-state index contributed by atoms with van der Waals surface area (Å²) in [7, 11) is -4.51. The number of urea groups is 2. The number of phosphoric ester groups is 1. The first-order valence-electron chi connectivity index (χ1n) is 10.00. The third kappa shape index (κ3) is 6.83. The quantitative estimate of drug-likeness (QED) is 0.0970. The highest BCUT2D eigenvalue weighted by Gasteiger charge is 2.53. The third-order valence-corrected chi connectivity index (χ3v) is 5.68. The minimum absolute atomic E-state index is 0.122. The van der Waals surface area contributed by atoms with Crippen LogP contribution in [0, 0.1) is 0 Å². The zero-order chi connectivity index (χ0) is 24.1. The van der Waals surface area contributed by atoms with E-state index in [1.54, 1.807) is 0 Å². The van der Waals surface area contributed by atoms with Gasteiger partial charge < -0.3 is 40.4 Å². The number of carbonyl (C=O) groups is 3. The Morgan fingerprint density at radius 1 is 1.00 bits per heavy atom. The smallest absolute Gasteiger partial charge is 0.394 e. The van der Waals surface area contributed by atoms with E-state index in [9.17, 15) is 34.3 Å². The van der Waals surface area contributed by atoms with Gasteiger partial charge in [0.2, 0.25) is 0 Å². The number of phosphoric acid groups is 1. The molecule has 0 spiro atoms. The van der Waals surface area contributed by atoms with E-state index in [4.69, 9.17) is 14.9 Å². The maximum Gasteiger partial charge on any atom is 0.469 e. The number of nitrogens with one attached hydrogen (secondary N) is 2. The molecule has 2 saturated heterocycles. The van der Waals surface area contributed by atoms with E-state index >= 15 is 0 Å². The van der Waals surface area contributed by atoms with Crippen LogP contribution in [0.1, 0.15) is 25.7 Å². The summed E-state index contributed by atoms with van der Waals surface area (Å²) in [5.74, 6) is -0.713. The molecule has 0 radical (unpaired) electrons. The molecule has 2 aliphatic heterocycles. The maximum absolute atomic E-state index is 12.9. The molecule has 2 heterocycles. The van der Waals surface area contributed by atoms with Crippen molar-refractivity contribution in [3.05, 3.63) is 0 Å². The molecule has 0 aromatic rings. The minimum Gasteiger partial charge on any atom is -0.394 e. The zero-order valence-electron chi connectivity index (χ0n) is 17.1. The number of β-amino-alcohol motifs (C(OH)–C–C–N with tert-alkyl or cyclic N) is 1. The second kappa shape index (κ2) is 11.3. The molecular weight excluding hydrogens is 455 g/mol. The Bertz CT molecular complexity index is 735. The van der Waals surface area contributed by atoms with Gasteiger partial charge in [-0.2, -0.15) is 0 Å². The lowest BCUT2D eigenvalue weighted by atomic mass is 10.1. The summed E-state index contributed by atoms with van der Waals surface area (Å²) in [6.45, 7) is -1.33. The second-order valence-corrected chi connectivity index (χ2v) is 8.77. The van der Waals surface area contributed by atoms with E-state index in [0.717, 1.165) is 4.90 Å². The monoisotopic (exact) mass is 484 g/mol. The van der Waals surface area contributed by atoms with Gasteiger partial charge in [-0.1, -0.05) is 12.8 Å². The number of fused-ring (bicyclic) bond motifs is 1. The molecule has 2 rings (SSSR count). The van der Waals surface area contributed by atoms with Crippen LogP contribution < -0.4 is 10.6 Å². The van der Waals surface area contributed by atoms with E-state index in [1.165, 1.54) is 4.90 Å². The largest absolute Gasteiger partial charge is 0.469 e. The third-order valence-electron chi connectivity index (χ3n) is 5.16. The van der Waals surface area contributed by atoms with Crippen LogP contribution in [0.3, 0.4) is 0 Å². The van der Waals surface area contributed by atoms with Crippen molar-refractivity contribution in [1.82, 2.24) is 20.4 Å². The number of amides is 5. The van der Waals surface area contributed by atoms with Crippen molar-refractivity contribution in [3.8, 4) is 0 Å². The highest BCUT2D eigenvalue weighted by atomic mass is 31.2. The summed E-state index contributed by atoms with van der Waals surface area (Å²) in [5, 5.41) is 42.9. The lowest BCUT2D eigenvalue weighted by Gasteiger charge is -2.33. The van der Waals surface area contributed by atoms with Gasteiger partial charge in [0.05, 0.1) is 19.8 Å². The number of unbranched alkanes of at least 4 members (excludes halogenated alkanes) is 3. The standard InChI is InChI=1S/C16H29N4O11P/c21-8-10(23)12(24)9(22)7-20-13-11(14(25)18-15(26)17-13)19(16(20)27)5-3-1-2-4-6-31-32(28,29)30/h9-13,21-24H,1-8H2,(H2,28,29,30)(H2,17,18,25,26)/t9-,10+,11?,12-,13?/m0/s1. The molecule has 5 atom stereocenters. The van der Waals surface area contributed by atoms with E-state index in [2.05, 4.69) is 15.2 Å². The summed E-state index contributed by atoms with van der Waals surface area (Å²) >= 11 is 0. The Labute approximate surface area is 183 Å². The number of nitrogens with zero attached hydrogens (tertiary/aromatic N) is 2. The number of hydrogen-bond acceptors (Lipinski definition) is 9. The van der Waals surface area contributed by atoms with Gasteiger partial charge >= 0.3 is 19.9 Å². The van der Waals surface area contributed by atoms with Crippen molar-refractivity contribution in [1.29, 1.82) is 0 Å². The van der Waals surface area contributed by atoms with Crippen molar-refractivity contribution in [2.45, 2.75) is 56.2 Å². The molecule has 32 heavy (non-hydrogen) atoms. The number of carbonyl (C=O) groups excluding carboxylic acids is 3. The first-order valence-corrected chi connectivity index (χ1v) is 11.5. The van der Waals surface area contributed by atoms with Gasteiger partial charge in [-0.15, -0.1) is 0 Å². The summed E-state index contributed by atoms with van der Waals surface area (Å²) in [5.41, 5.74) is 0. The van der Waals surface area contributed by atoms with Crippen LogP contribution in [0.15, 0.2) is 0 Å². The average molecular weight is 484 g/mol. The Morgan fingerprint density at radius 3 is 2.28 bits per heavy atom. The van der Waals surface area contributed by atoms with Crippen molar-refractivity contribution in [3.63, 3.8) is 0 Å². The van der Waals surface area contributed by atoms with Gasteiger partial charge in [0.15, 0.2) is 6.04 Å². The SMILES string of the molecule is O=C1NC(=O)C2C(N1)N(C[C@H](O)[C@H](O)[C@H](O)CO)C(=O)N2CCCCCCOP(=O)(O)O. The highest BCUT2D eigenvalue weighted by molar-refractivity contribution is 7.46. The van der Waals surface area contributed by atoms with E-state index in [0.29, 0.717) is 25.7 Å². The summed E-state index contributed by atoms with van der Waals surface area (Å²) in [6, 6.07) is -2.58. The summed E-state index contributed by atoms with van der Waals surface area (Å²) in [4.78, 5) is 56.5. The number of imide groups is 1. The fraction of sp³-hybridized carbons (Fsp3) is 0.812. The Hall–Kier alpha value is -1.84. The molecule has 2 fully saturated rings. The molecule has 0 saturated carbocycles. The van der Waals surface area contributed by atoms with E-state index in [-0.39, 0.29) is 13.2 Å². The van der Waals surface area contributed by atoms with Gasteiger partial charge in [0.1, 0.15) is 24.5 Å². The van der Waals surface area contributed by atoms with Crippen LogP contribution in [0.5, 0.6) is 0 Å². The van der Waals surface area contributed by atoms with Crippen molar-refractivity contribution < 1.29 is 53.7 Å². The Kier molecular flexibility index (Phi) is 9.36. The minimum atomic E-state index is -4.51. The Morgan fingerprint density at radius 2 is 1.66 bits per heavy atom. The molecule has 2 aliphatic rings. The number of aliphatic hydroxyl groups excluding tert-OH is 4. The molecule has 0 aromatic heterocycles. The fourth-order valence-corrected chi connectivity index (χ4v) is 3.93. The van der Waals surface area contributed by atoms with Crippen LogP contribution >= 0.6 is 7.82 Å². The lowest BCUT2D eigenvalue weighted by Crippen LogP contribution is -2.65. The number of hydrogen-bond donors (Lipinski definition) is 8. The molecule has 0 bridgehead atoms. The van der Waals surface area contributed by atoms with Crippen molar-refractivity contribution in [2.24, 2.45) is 0 Å². The number of rotatable bonds is 13. The van der Waals surface area contributed by atoms with Crippen molar-refractivity contribution in [2.75, 3.05) is 26.3 Å². The second-order valence-electron chi connectivity index (χ2n) is 7.53. The molecule has 16 heteroatoms. The predicted octanol–water partition coefficient (Wildman–Crippen LogP) is -3.00. The molecular formula is C16H29N4O11P. The predicted molar refractivity (Wildman–Crippen MR) is 105 cm³/mol. The van der Waals surface area contributed by atoms with Gasteiger partial charge in [0.25, 0.3) is 5.91 Å². The highest BCUT2D eigenvalue weighted by Crippen LogP contribution is 2.35.